The first-order valence-electron chi connectivity index (χ1n) is 4.93. The molecule has 1 N–H and O–H groups in total. The number of fused-ring (bicyclic) bond motifs is 1. The van der Waals surface area contributed by atoms with Crippen LogP contribution in [0.15, 0.2) is 24.4 Å². The van der Waals surface area contributed by atoms with Crippen LogP contribution in [0.25, 0.3) is 5.52 Å². The molecule has 0 aliphatic carbocycles. The zero-order valence-corrected chi connectivity index (χ0v) is 8.47. The number of aryl methyl sites for hydroxylation is 1. The summed E-state index contributed by atoms with van der Waals surface area (Å²) in [6.45, 7) is 2.08. The topological polar surface area (TPSA) is 54.6 Å². The van der Waals surface area contributed by atoms with Gasteiger partial charge in [-0.15, -0.1) is 0 Å². The molecule has 0 saturated heterocycles. The van der Waals surface area contributed by atoms with Gasteiger partial charge in [0.2, 0.25) is 0 Å². The van der Waals surface area contributed by atoms with Crippen LogP contribution in [-0.4, -0.2) is 20.7 Å². The van der Waals surface area contributed by atoms with Crippen LogP contribution in [0.5, 0.6) is 0 Å². The summed E-state index contributed by atoms with van der Waals surface area (Å²) in [5.41, 5.74) is 2.00. The Morgan fingerprint density at radius 2 is 2.27 bits per heavy atom. The summed E-state index contributed by atoms with van der Waals surface area (Å²) >= 11 is 0. The van der Waals surface area contributed by atoms with Crippen LogP contribution < -0.4 is 0 Å². The Hall–Kier alpha value is -1.84. The van der Waals surface area contributed by atoms with Gasteiger partial charge in [-0.1, -0.05) is 13.3 Å². The van der Waals surface area contributed by atoms with Crippen molar-refractivity contribution in [3.63, 3.8) is 0 Å². The third kappa shape index (κ3) is 1.58. The average Bonchev–Trinajstić information content (AvgIpc) is 2.66. The molecule has 2 aromatic rings. The largest absolute Gasteiger partial charge is 0.478 e. The van der Waals surface area contributed by atoms with Gasteiger partial charge in [-0.25, -0.2) is 9.31 Å². The van der Waals surface area contributed by atoms with Gasteiger partial charge in [0.25, 0.3) is 0 Å². The molecule has 2 rings (SSSR count). The molecule has 0 aliphatic rings. The molecule has 4 nitrogen and oxygen atoms in total. The highest BCUT2D eigenvalue weighted by atomic mass is 16.4. The summed E-state index contributed by atoms with van der Waals surface area (Å²) in [5, 5.41) is 13.1. The summed E-state index contributed by atoms with van der Waals surface area (Å²) in [4.78, 5) is 10.9. The Morgan fingerprint density at radius 3 is 2.93 bits per heavy atom. The van der Waals surface area contributed by atoms with E-state index in [9.17, 15) is 4.79 Å². The first kappa shape index (κ1) is 9.71. The first-order valence-corrected chi connectivity index (χ1v) is 4.93. The number of aromatic nitrogens is 2. The molecular formula is C11H12N2O2. The van der Waals surface area contributed by atoms with Gasteiger partial charge < -0.3 is 5.11 Å². The van der Waals surface area contributed by atoms with Gasteiger partial charge in [-0.3, -0.25) is 0 Å². The van der Waals surface area contributed by atoms with Crippen molar-refractivity contribution in [2.24, 2.45) is 0 Å². The molecule has 0 amide bonds. The van der Waals surface area contributed by atoms with Crippen LogP contribution in [0.2, 0.25) is 0 Å². The van der Waals surface area contributed by atoms with E-state index in [0.29, 0.717) is 11.1 Å². The van der Waals surface area contributed by atoms with E-state index in [4.69, 9.17) is 5.11 Å². The van der Waals surface area contributed by atoms with Gasteiger partial charge in [0.1, 0.15) is 0 Å². The quantitative estimate of drug-likeness (QED) is 0.831. The van der Waals surface area contributed by atoms with Crippen molar-refractivity contribution in [3.05, 3.63) is 35.7 Å². The van der Waals surface area contributed by atoms with Gasteiger partial charge in [-0.05, 0) is 24.6 Å². The normalized spacial score (nSPS) is 10.7. The average molecular weight is 204 g/mol. The van der Waals surface area contributed by atoms with Gasteiger partial charge in [0.15, 0.2) is 0 Å². The Labute approximate surface area is 87.2 Å². The van der Waals surface area contributed by atoms with Gasteiger partial charge in [-0.2, -0.15) is 5.10 Å². The van der Waals surface area contributed by atoms with Gasteiger partial charge in [0, 0.05) is 5.69 Å². The summed E-state index contributed by atoms with van der Waals surface area (Å²) in [6, 6.07) is 5.19. The number of nitrogens with zero attached hydrogens (tertiary/aromatic N) is 2. The zero-order valence-electron chi connectivity index (χ0n) is 8.47. The summed E-state index contributed by atoms with van der Waals surface area (Å²) in [6.07, 6.45) is 3.54. The Bertz CT molecular complexity index is 502. The molecular weight excluding hydrogens is 192 g/mol. The van der Waals surface area contributed by atoms with Crippen LogP contribution in [-0.2, 0) is 6.42 Å². The van der Waals surface area contributed by atoms with E-state index in [1.807, 2.05) is 6.07 Å². The number of hydrogen-bond donors (Lipinski definition) is 1. The molecule has 4 heteroatoms. The van der Waals surface area contributed by atoms with Crippen molar-refractivity contribution in [1.29, 1.82) is 0 Å². The lowest BCUT2D eigenvalue weighted by Gasteiger charge is -2.05. The molecule has 0 saturated carbocycles. The third-order valence-corrected chi connectivity index (χ3v) is 2.37. The van der Waals surface area contributed by atoms with Gasteiger partial charge >= 0.3 is 5.97 Å². The number of carboxylic acid groups (broad SMARTS) is 1. The fourth-order valence-corrected chi connectivity index (χ4v) is 1.70. The maximum absolute atomic E-state index is 10.9. The van der Waals surface area contributed by atoms with E-state index >= 15 is 0 Å². The van der Waals surface area contributed by atoms with E-state index in [-0.39, 0.29) is 0 Å². The predicted octanol–water partition coefficient (Wildman–Crippen LogP) is 1.99. The number of carboxylic acids is 1. The maximum Gasteiger partial charge on any atom is 0.337 e. The van der Waals surface area contributed by atoms with Crippen molar-refractivity contribution in [3.8, 4) is 0 Å². The molecule has 15 heavy (non-hydrogen) atoms. The van der Waals surface area contributed by atoms with E-state index in [1.165, 1.54) is 0 Å². The lowest BCUT2D eigenvalue weighted by molar-refractivity contribution is 0.0698. The lowest BCUT2D eigenvalue weighted by Crippen LogP contribution is -2.04. The Morgan fingerprint density at radius 1 is 1.47 bits per heavy atom. The number of aromatic carboxylic acids is 1. The minimum Gasteiger partial charge on any atom is -0.478 e. The summed E-state index contributed by atoms with van der Waals surface area (Å²) in [7, 11) is 0. The fourth-order valence-electron chi connectivity index (χ4n) is 1.70. The molecule has 0 aromatic carbocycles. The van der Waals surface area contributed by atoms with E-state index in [2.05, 4.69) is 12.0 Å². The molecule has 0 unspecified atom stereocenters. The maximum atomic E-state index is 10.9. The van der Waals surface area contributed by atoms with E-state index < -0.39 is 5.97 Å². The molecule has 2 aromatic heterocycles. The summed E-state index contributed by atoms with van der Waals surface area (Å²) in [5.74, 6) is -0.913. The van der Waals surface area contributed by atoms with Crippen molar-refractivity contribution in [2.75, 3.05) is 0 Å². The fraction of sp³-hybridized carbons (Fsp3) is 0.273. The minimum absolute atomic E-state index is 0.298. The van der Waals surface area contributed by atoms with E-state index in [1.54, 1.807) is 22.8 Å². The van der Waals surface area contributed by atoms with Crippen LogP contribution in [0.4, 0.5) is 0 Å². The molecule has 0 atom stereocenters. The van der Waals surface area contributed by atoms with E-state index in [0.717, 1.165) is 18.5 Å². The Balaban J connectivity index is 2.65. The van der Waals surface area contributed by atoms with Crippen LogP contribution in [0.3, 0.4) is 0 Å². The molecule has 0 bridgehead atoms. The van der Waals surface area contributed by atoms with Gasteiger partial charge in [0.05, 0.1) is 17.3 Å². The third-order valence-electron chi connectivity index (χ3n) is 2.37. The molecule has 78 valence electrons. The van der Waals surface area contributed by atoms with Crippen molar-refractivity contribution < 1.29 is 9.90 Å². The van der Waals surface area contributed by atoms with Crippen LogP contribution >= 0.6 is 0 Å². The predicted molar refractivity (Wildman–Crippen MR) is 56.1 cm³/mol. The second-order valence-electron chi connectivity index (χ2n) is 3.42. The highest BCUT2D eigenvalue weighted by molar-refractivity contribution is 5.95. The SMILES string of the molecule is CCCc1ccc(C(=O)O)c2ccnn12. The first-order chi connectivity index (χ1) is 7.24. The molecule has 0 spiro atoms. The lowest BCUT2D eigenvalue weighted by atomic mass is 10.1. The summed E-state index contributed by atoms with van der Waals surface area (Å²) < 4.78 is 1.70. The monoisotopic (exact) mass is 204 g/mol. The molecule has 2 heterocycles. The molecule has 0 aliphatic heterocycles. The Kier molecular flexibility index (Phi) is 2.41. The van der Waals surface area contributed by atoms with Crippen molar-refractivity contribution in [2.45, 2.75) is 19.8 Å². The second-order valence-corrected chi connectivity index (χ2v) is 3.42. The van der Waals surface area contributed by atoms with Crippen molar-refractivity contribution in [1.82, 2.24) is 9.61 Å². The number of pyridine rings is 1. The number of rotatable bonds is 3. The second kappa shape index (κ2) is 3.73. The highest BCUT2D eigenvalue weighted by Gasteiger charge is 2.11. The highest BCUT2D eigenvalue weighted by Crippen LogP contribution is 2.14. The van der Waals surface area contributed by atoms with Crippen molar-refractivity contribution >= 4 is 11.5 Å². The standard InChI is InChI=1S/C11H12N2O2/c1-2-3-8-4-5-9(11(14)15)10-6-7-12-13(8)10/h4-7H,2-3H2,1H3,(H,14,15). The number of hydrogen-bond acceptors (Lipinski definition) is 2. The smallest absolute Gasteiger partial charge is 0.337 e. The number of carbonyl (C=O) groups is 1. The molecule has 0 fully saturated rings. The zero-order chi connectivity index (χ0) is 10.8. The molecule has 0 radical (unpaired) electrons. The van der Waals surface area contributed by atoms with Crippen LogP contribution in [0.1, 0.15) is 29.4 Å². The van der Waals surface area contributed by atoms with Crippen LogP contribution in [0, 0.1) is 0 Å². The minimum atomic E-state index is -0.913.